The van der Waals surface area contributed by atoms with E-state index in [0.29, 0.717) is 24.5 Å². The van der Waals surface area contributed by atoms with Crippen LogP contribution in [0.25, 0.3) is 0 Å². The van der Waals surface area contributed by atoms with Crippen molar-refractivity contribution in [2.24, 2.45) is 0 Å². The summed E-state index contributed by atoms with van der Waals surface area (Å²) in [5.41, 5.74) is 1.38. The van der Waals surface area contributed by atoms with Gasteiger partial charge in [-0.15, -0.1) is 0 Å². The summed E-state index contributed by atoms with van der Waals surface area (Å²) >= 11 is 0. The Labute approximate surface area is 118 Å². The summed E-state index contributed by atoms with van der Waals surface area (Å²) in [5, 5.41) is 2.82. The molecule has 0 aliphatic rings. The number of hydrogen-bond donors (Lipinski definition) is 1. The third-order valence-corrected chi connectivity index (χ3v) is 2.62. The molecule has 0 aliphatic carbocycles. The fraction of sp³-hybridized carbons (Fsp3) is 0.125. The predicted octanol–water partition coefficient (Wildman–Crippen LogP) is 2.58. The van der Waals surface area contributed by atoms with Crippen molar-refractivity contribution < 1.29 is 9.53 Å². The quantitative estimate of drug-likeness (QED) is 0.819. The van der Waals surface area contributed by atoms with E-state index in [2.05, 4.69) is 16.9 Å². The molecule has 0 saturated heterocycles. The van der Waals surface area contributed by atoms with Gasteiger partial charge in [-0.25, -0.2) is 0 Å². The van der Waals surface area contributed by atoms with Crippen LogP contribution in [0.1, 0.15) is 16.1 Å². The van der Waals surface area contributed by atoms with Crippen molar-refractivity contribution in [2.45, 2.75) is 6.54 Å². The predicted molar refractivity (Wildman–Crippen MR) is 77.5 cm³/mol. The first-order valence-corrected chi connectivity index (χ1v) is 6.31. The fourth-order valence-electron chi connectivity index (χ4n) is 1.66. The van der Waals surface area contributed by atoms with Crippen molar-refractivity contribution in [2.75, 3.05) is 6.61 Å². The number of carbonyl (C=O) groups is 1. The fourth-order valence-corrected chi connectivity index (χ4v) is 1.66. The van der Waals surface area contributed by atoms with Crippen LogP contribution in [0.4, 0.5) is 0 Å². The van der Waals surface area contributed by atoms with Gasteiger partial charge in [0.1, 0.15) is 12.4 Å². The molecule has 1 aromatic carbocycles. The SMILES string of the molecule is C=CCOc1cccc(C(=O)NCc2ccccn2)c1. The highest BCUT2D eigenvalue weighted by Crippen LogP contribution is 2.13. The zero-order valence-corrected chi connectivity index (χ0v) is 11.1. The van der Waals surface area contributed by atoms with Crippen LogP contribution in [0, 0.1) is 0 Å². The molecule has 1 N–H and O–H groups in total. The average Bonchev–Trinajstić information content (AvgIpc) is 2.52. The highest BCUT2D eigenvalue weighted by Gasteiger charge is 2.06. The van der Waals surface area contributed by atoms with E-state index in [-0.39, 0.29) is 5.91 Å². The van der Waals surface area contributed by atoms with Gasteiger partial charge in [-0.05, 0) is 30.3 Å². The standard InChI is InChI=1S/C16H16N2O2/c1-2-10-20-15-8-5-6-13(11-15)16(19)18-12-14-7-3-4-9-17-14/h2-9,11H,1,10,12H2,(H,18,19). The molecular weight excluding hydrogens is 252 g/mol. The van der Waals surface area contributed by atoms with E-state index in [1.54, 1.807) is 36.5 Å². The van der Waals surface area contributed by atoms with Gasteiger partial charge >= 0.3 is 0 Å². The van der Waals surface area contributed by atoms with E-state index in [1.807, 2.05) is 18.2 Å². The minimum Gasteiger partial charge on any atom is -0.490 e. The Hall–Kier alpha value is -2.62. The van der Waals surface area contributed by atoms with Crippen LogP contribution in [0.15, 0.2) is 61.3 Å². The number of nitrogens with one attached hydrogen (secondary N) is 1. The lowest BCUT2D eigenvalue weighted by molar-refractivity contribution is 0.0950. The van der Waals surface area contributed by atoms with Gasteiger partial charge in [0.05, 0.1) is 12.2 Å². The van der Waals surface area contributed by atoms with Gasteiger partial charge < -0.3 is 10.1 Å². The van der Waals surface area contributed by atoms with Crippen molar-refractivity contribution in [3.8, 4) is 5.75 Å². The largest absolute Gasteiger partial charge is 0.490 e. The van der Waals surface area contributed by atoms with E-state index in [4.69, 9.17) is 4.74 Å². The zero-order chi connectivity index (χ0) is 14.2. The van der Waals surface area contributed by atoms with E-state index in [9.17, 15) is 4.79 Å². The summed E-state index contributed by atoms with van der Waals surface area (Å²) in [7, 11) is 0. The van der Waals surface area contributed by atoms with Gasteiger partial charge in [-0.1, -0.05) is 24.8 Å². The van der Waals surface area contributed by atoms with Crippen LogP contribution >= 0.6 is 0 Å². The van der Waals surface area contributed by atoms with Crippen LogP contribution < -0.4 is 10.1 Å². The summed E-state index contributed by atoms with van der Waals surface area (Å²) < 4.78 is 5.40. The summed E-state index contributed by atoms with van der Waals surface area (Å²) in [5.74, 6) is 0.495. The minimum absolute atomic E-state index is 0.153. The Bertz CT molecular complexity index is 582. The van der Waals surface area contributed by atoms with Crippen molar-refractivity contribution >= 4 is 5.91 Å². The van der Waals surface area contributed by atoms with Crippen LogP contribution in [-0.4, -0.2) is 17.5 Å². The number of rotatable bonds is 6. The second kappa shape index (κ2) is 7.09. The molecule has 2 aromatic rings. The molecule has 2 rings (SSSR count). The molecule has 20 heavy (non-hydrogen) atoms. The molecule has 4 nitrogen and oxygen atoms in total. The van der Waals surface area contributed by atoms with Crippen LogP contribution in [-0.2, 0) is 6.54 Å². The van der Waals surface area contributed by atoms with Gasteiger partial charge in [0.25, 0.3) is 5.91 Å². The normalized spacial score (nSPS) is 9.80. The topological polar surface area (TPSA) is 51.2 Å². The number of hydrogen-bond acceptors (Lipinski definition) is 3. The molecule has 0 bridgehead atoms. The van der Waals surface area contributed by atoms with Crippen molar-refractivity contribution in [3.63, 3.8) is 0 Å². The number of nitrogens with zero attached hydrogens (tertiary/aromatic N) is 1. The summed E-state index contributed by atoms with van der Waals surface area (Å²) in [6.45, 7) is 4.40. The Morgan fingerprint density at radius 2 is 2.20 bits per heavy atom. The zero-order valence-electron chi connectivity index (χ0n) is 11.1. The van der Waals surface area contributed by atoms with Crippen molar-refractivity contribution in [1.29, 1.82) is 0 Å². The lowest BCUT2D eigenvalue weighted by atomic mass is 10.2. The first-order valence-electron chi connectivity index (χ1n) is 6.31. The third-order valence-electron chi connectivity index (χ3n) is 2.62. The third kappa shape index (κ3) is 3.95. The monoisotopic (exact) mass is 268 g/mol. The Morgan fingerprint density at radius 1 is 1.30 bits per heavy atom. The number of ether oxygens (including phenoxy) is 1. The van der Waals surface area contributed by atoms with Gasteiger partial charge in [-0.2, -0.15) is 0 Å². The lowest BCUT2D eigenvalue weighted by Gasteiger charge is -2.07. The van der Waals surface area contributed by atoms with Crippen molar-refractivity contribution in [1.82, 2.24) is 10.3 Å². The van der Waals surface area contributed by atoms with E-state index in [1.165, 1.54) is 0 Å². The maximum absolute atomic E-state index is 12.0. The number of benzene rings is 1. The number of pyridine rings is 1. The second-order valence-corrected chi connectivity index (χ2v) is 4.13. The van der Waals surface area contributed by atoms with Crippen LogP contribution in [0.5, 0.6) is 5.75 Å². The van der Waals surface area contributed by atoms with Gasteiger partial charge in [0, 0.05) is 11.8 Å². The lowest BCUT2D eigenvalue weighted by Crippen LogP contribution is -2.23. The Morgan fingerprint density at radius 3 is 2.95 bits per heavy atom. The molecule has 0 spiro atoms. The highest BCUT2D eigenvalue weighted by molar-refractivity contribution is 5.94. The number of aromatic nitrogens is 1. The molecule has 0 atom stereocenters. The van der Waals surface area contributed by atoms with Crippen LogP contribution in [0.2, 0.25) is 0 Å². The van der Waals surface area contributed by atoms with Gasteiger partial charge in [0.15, 0.2) is 0 Å². The van der Waals surface area contributed by atoms with E-state index in [0.717, 1.165) is 5.69 Å². The highest BCUT2D eigenvalue weighted by atomic mass is 16.5. The van der Waals surface area contributed by atoms with Gasteiger partial charge in [0.2, 0.25) is 0 Å². The molecule has 0 saturated carbocycles. The summed E-state index contributed by atoms with van der Waals surface area (Å²) in [6, 6.07) is 12.6. The second-order valence-electron chi connectivity index (χ2n) is 4.13. The molecule has 0 unspecified atom stereocenters. The molecule has 0 fully saturated rings. The molecule has 1 amide bonds. The number of carbonyl (C=O) groups excluding carboxylic acids is 1. The minimum atomic E-state index is -0.153. The molecule has 0 aliphatic heterocycles. The Kier molecular flexibility index (Phi) is 4.89. The molecule has 4 heteroatoms. The first-order chi connectivity index (χ1) is 9.79. The number of amides is 1. The van der Waals surface area contributed by atoms with E-state index >= 15 is 0 Å². The summed E-state index contributed by atoms with van der Waals surface area (Å²) in [4.78, 5) is 16.2. The first kappa shape index (κ1) is 13.8. The maximum Gasteiger partial charge on any atom is 0.251 e. The summed E-state index contributed by atoms with van der Waals surface area (Å²) in [6.07, 6.45) is 3.36. The van der Waals surface area contributed by atoms with Crippen molar-refractivity contribution in [3.05, 3.63) is 72.6 Å². The molecular formula is C16H16N2O2. The smallest absolute Gasteiger partial charge is 0.251 e. The molecule has 1 aromatic heterocycles. The molecule has 102 valence electrons. The molecule has 0 radical (unpaired) electrons. The maximum atomic E-state index is 12.0. The van der Waals surface area contributed by atoms with Crippen LogP contribution in [0.3, 0.4) is 0 Å². The van der Waals surface area contributed by atoms with E-state index < -0.39 is 0 Å². The molecule has 1 heterocycles. The Balaban J connectivity index is 1.96. The van der Waals surface area contributed by atoms with Gasteiger partial charge in [-0.3, -0.25) is 9.78 Å². The average molecular weight is 268 g/mol.